The smallest absolute Gasteiger partial charge is 0.306 e. The number of nitrogens with zero attached hydrogens (tertiary/aromatic N) is 1. The fourth-order valence-corrected chi connectivity index (χ4v) is 2.20. The Kier molecular flexibility index (Phi) is 5.41. The third-order valence-corrected chi connectivity index (χ3v) is 3.28. The summed E-state index contributed by atoms with van der Waals surface area (Å²) in [5.74, 6) is -1.20. The summed E-state index contributed by atoms with van der Waals surface area (Å²) in [6, 6.07) is 0. The van der Waals surface area contributed by atoms with Crippen molar-refractivity contribution in [3.8, 4) is 0 Å². The van der Waals surface area contributed by atoms with Crippen LogP contribution in [0.4, 0.5) is 0 Å². The molecule has 1 saturated carbocycles. The molecule has 5 nitrogen and oxygen atoms in total. The standard InChI is InChI=1S/C12H21NO4/c1-3-17-7-6-13(2)11(14)9-4-5-10(8-9)12(15)16/h9-10H,3-8H2,1-2H3,(H,15,16)/t9-,10+/m1/s1. The molecule has 0 spiro atoms. The number of amides is 1. The Hall–Kier alpha value is -1.10. The highest BCUT2D eigenvalue weighted by molar-refractivity contribution is 5.80. The van der Waals surface area contributed by atoms with Gasteiger partial charge in [-0.05, 0) is 26.2 Å². The van der Waals surface area contributed by atoms with Crippen LogP contribution in [0.3, 0.4) is 0 Å². The second kappa shape index (κ2) is 6.59. The number of hydrogen-bond donors (Lipinski definition) is 1. The number of hydrogen-bond acceptors (Lipinski definition) is 3. The predicted octanol–water partition coefficient (Wildman–Crippen LogP) is 0.982. The maximum atomic E-state index is 12.0. The van der Waals surface area contributed by atoms with Crippen LogP contribution < -0.4 is 0 Å². The number of aliphatic carboxylic acids is 1. The molecule has 1 fully saturated rings. The zero-order valence-corrected chi connectivity index (χ0v) is 10.5. The Morgan fingerprint density at radius 3 is 2.53 bits per heavy atom. The molecule has 5 heteroatoms. The van der Waals surface area contributed by atoms with Crippen LogP contribution in [0.5, 0.6) is 0 Å². The number of carbonyl (C=O) groups excluding carboxylic acids is 1. The average molecular weight is 243 g/mol. The summed E-state index contributed by atoms with van der Waals surface area (Å²) in [6.45, 7) is 3.66. The largest absolute Gasteiger partial charge is 0.481 e. The van der Waals surface area contributed by atoms with E-state index in [0.29, 0.717) is 39.0 Å². The molecule has 0 bridgehead atoms. The van der Waals surface area contributed by atoms with E-state index < -0.39 is 5.97 Å². The second-order valence-corrected chi connectivity index (χ2v) is 4.50. The van der Waals surface area contributed by atoms with Gasteiger partial charge in [0, 0.05) is 26.1 Å². The van der Waals surface area contributed by atoms with Gasteiger partial charge in [-0.15, -0.1) is 0 Å². The van der Waals surface area contributed by atoms with Gasteiger partial charge in [0.25, 0.3) is 0 Å². The minimum absolute atomic E-state index is 0.0495. The summed E-state index contributed by atoms with van der Waals surface area (Å²) in [6.07, 6.45) is 1.78. The van der Waals surface area contributed by atoms with E-state index in [1.54, 1.807) is 11.9 Å². The fourth-order valence-electron chi connectivity index (χ4n) is 2.20. The van der Waals surface area contributed by atoms with E-state index in [2.05, 4.69) is 0 Å². The average Bonchev–Trinajstić information content (AvgIpc) is 2.77. The molecule has 0 aromatic rings. The van der Waals surface area contributed by atoms with E-state index in [1.807, 2.05) is 6.92 Å². The molecule has 1 aliphatic carbocycles. The van der Waals surface area contributed by atoms with Crippen LogP contribution in [-0.4, -0.2) is 48.7 Å². The van der Waals surface area contributed by atoms with Crippen molar-refractivity contribution in [2.24, 2.45) is 11.8 Å². The Morgan fingerprint density at radius 2 is 2.00 bits per heavy atom. The van der Waals surface area contributed by atoms with Crippen molar-refractivity contribution in [1.29, 1.82) is 0 Å². The van der Waals surface area contributed by atoms with Gasteiger partial charge < -0.3 is 14.7 Å². The van der Waals surface area contributed by atoms with E-state index in [4.69, 9.17) is 9.84 Å². The van der Waals surface area contributed by atoms with Gasteiger partial charge in [-0.25, -0.2) is 0 Å². The van der Waals surface area contributed by atoms with E-state index in [-0.39, 0.29) is 17.7 Å². The molecule has 0 radical (unpaired) electrons. The van der Waals surface area contributed by atoms with E-state index in [0.717, 1.165) is 0 Å². The third kappa shape index (κ3) is 4.00. The molecule has 2 atom stereocenters. The number of ether oxygens (including phenoxy) is 1. The Labute approximate surface area is 102 Å². The Morgan fingerprint density at radius 1 is 1.35 bits per heavy atom. The van der Waals surface area contributed by atoms with Crippen molar-refractivity contribution in [1.82, 2.24) is 4.90 Å². The minimum Gasteiger partial charge on any atom is -0.481 e. The highest BCUT2D eigenvalue weighted by atomic mass is 16.5. The first kappa shape index (κ1) is 14.0. The first-order chi connectivity index (χ1) is 8.06. The summed E-state index contributed by atoms with van der Waals surface area (Å²) in [5.41, 5.74) is 0. The molecule has 0 unspecified atom stereocenters. The molecular formula is C12H21NO4. The fraction of sp³-hybridized carbons (Fsp3) is 0.833. The molecule has 98 valence electrons. The van der Waals surface area contributed by atoms with Gasteiger partial charge in [0.15, 0.2) is 0 Å². The van der Waals surface area contributed by atoms with Crippen LogP contribution in [0.1, 0.15) is 26.2 Å². The van der Waals surface area contributed by atoms with Crippen molar-refractivity contribution in [3.05, 3.63) is 0 Å². The van der Waals surface area contributed by atoms with Crippen molar-refractivity contribution in [2.45, 2.75) is 26.2 Å². The van der Waals surface area contributed by atoms with Crippen LogP contribution >= 0.6 is 0 Å². The van der Waals surface area contributed by atoms with Gasteiger partial charge in [0.05, 0.1) is 12.5 Å². The van der Waals surface area contributed by atoms with Crippen LogP contribution in [0, 0.1) is 11.8 Å². The Balaban J connectivity index is 2.35. The lowest BCUT2D eigenvalue weighted by Gasteiger charge is -2.20. The second-order valence-electron chi connectivity index (χ2n) is 4.50. The molecule has 17 heavy (non-hydrogen) atoms. The van der Waals surface area contributed by atoms with Crippen molar-refractivity contribution >= 4 is 11.9 Å². The highest BCUT2D eigenvalue weighted by Gasteiger charge is 2.34. The zero-order chi connectivity index (χ0) is 12.8. The highest BCUT2D eigenvalue weighted by Crippen LogP contribution is 2.32. The number of carbonyl (C=O) groups is 2. The lowest BCUT2D eigenvalue weighted by Crippen LogP contribution is -2.34. The monoisotopic (exact) mass is 243 g/mol. The Bertz CT molecular complexity index is 280. The maximum absolute atomic E-state index is 12.0. The molecule has 0 aromatic heterocycles. The zero-order valence-electron chi connectivity index (χ0n) is 10.5. The number of carboxylic acid groups (broad SMARTS) is 1. The summed E-state index contributed by atoms with van der Waals surface area (Å²) in [7, 11) is 1.75. The number of rotatable bonds is 6. The van der Waals surface area contributed by atoms with Crippen LogP contribution in [-0.2, 0) is 14.3 Å². The summed E-state index contributed by atoms with van der Waals surface area (Å²) < 4.78 is 5.19. The predicted molar refractivity (Wildman–Crippen MR) is 62.6 cm³/mol. The van der Waals surface area contributed by atoms with Crippen LogP contribution in [0.2, 0.25) is 0 Å². The molecular weight excluding hydrogens is 222 g/mol. The lowest BCUT2D eigenvalue weighted by molar-refractivity contribution is -0.141. The van der Waals surface area contributed by atoms with E-state index in [1.165, 1.54) is 0 Å². The quantitative estimate of drug-likeness (QED) is 0.706. The normalized spacial score (nSPS) is 23.6. The molecule has 1 amide bonds. The van der Waals surface area contributed by atoms with Gasteiger partial charge in [-0.2, -0.15) is 0 Å². The molecule has 1 rings (SSSR count). The molecule has 1 N–H and O–H groups in total. The van der Waals surface area contributed by atoms with Crippen molar-refractivity contribution in [2.75, 3.05) is 26.8 Å². The minimum atomic E-state index is -0.780. The summed E-state index contributed by atoms with van der Waals surface area (Å²) in [5, 5.41) is 8.88. The third-order valence-electron chi connectivity index (χ3n) is 3.28. The molecule has 0 aliphatic heterocycles. The van der Waals surface area contributed by atoms with Crippen molar-refractivity contribution in [3.63, 3.8) is 0 Å². The van der Waals surface area contributed by atoms with Crippen LogP contribution in [0.15, 0.2) is 0 Å². The molecule has 0 heterocycles. The summed E-state index contributed by atoms with van der Waals surface area (Å²) >= 11 is 0. The molecule has 0 aromatic carbocycles. The first-order valence-electron chi connectivity index (χ1n) is 6.11. The topological polar surface area (TPSA) is 66.8 Å². The molecule has 1 aliphatic rings. The number of likely N-dealkylation sites (N-methyl/N-ethyl adjacent to an activating group) is 1. The van der Waals surface area contributed by atoms with Crippen molar-refractivity contribution < 1.29 is 19.4 Å². The molecule has 0 saturated heterocycles. The van der Waals surface area contributed by atoms with Gasteiger partial charge in [-0.1, -0.05) is 0 Å². The van der Waals surface area contributed by atoms with Gasteiger partial charge >= 0.3 is 5.97 Å². The van der Waals surface area contributed by atoms with Gasteiger partial charge in [-0.3, -0.25) is 9.59 Å². The van der Waals surface area contributed by atoms with Crippen LogP contribution in [0.25, 0.3) is 0 Å². The van der Waals surface area contributed by atoms with E-state index >= 15 is 0 Å². The first-order valence-corrected chi connectivity index (χ1v) is 6.11. The maximum Gasteiger partial charge on any atom is 0.306 e. The van der Waals surface area contributed by atoms with Gasteiger partial charge in [0.2, 0.25) is 5.91 Å². The lowest BCUT2D eigenvalue weighted by atomic mass is 10.0. The van der Waals surface area contributed by atoms with Gasteiger partial charge in [0.1, 0.15) is 0 Å². The summed E-state index contributed by atoms with van der Waals surface area (Å²) in [4.78, 5) is 24.4. The van der Waals surface area contributed by atoms with E-state index in [9.17, 15) is 9.59 Å². The number of carboxylic acids is 1. The SMILES string of the molecule is CCOCCN(C)C(=O)[C@@H]1CC[C@H](C(=O)O)C1.